The number of pyridine rings is 1. The number of hydrogen-bond donors (Lipinski definition) is 2. The lowest BCUT2D eigenvalue weighted by Crippen LogP contribution is -2.56. The minimum Gasteiger partial charge on any atom is -0.302 e. The van der Waals surface area contributed by atoms with Gasteiger partial charge < -0.3 is 4.90 Å². The fourth-order valence-corrected chi connectivity index (χ4v) is 3.37. The summed E-state index contributed by atoms with van der Waals surface area (Å²) in [5, 5.41) is 0. The van der Waals surface area contributed by atoms with Gasteiger partial charge >= 0.3 is 0 Å². The fourth-order valence-electron chi connectivity index (χ4n) is 3.37. The number of aromatic nitrogens is 1. The molecule has 0 aliphatic heterocycles. The van der Waals surface area contributed by atoms with Crippen LogP contribution < -0.4 is 11.3 Å². The maximum absolute atomic E-state index is 5.89. The standard InChI is InChI=1S/C15H26N4/c1-12-7-8-13(11-17-12)14(18-16)15(19(2)3)9-5-4-6-10-15/h7-8,11,14,18H,4-6,9-10,16H2,1-3H3. The molecule has 0 amide bonds. The lowest BCUT2D eigenvalue weighted by molar-refractivity contribution is 0.0563. The summed E-state index contributed by atoms with van der Waals surface area (Å²) < 4.78 is 0. The highest BCUT2D eigenvalue weighted by molar-refractivity contribution is 5.22. The van der Waals surface area contributed by atoms with Crippen LogP contribution in [0.3, 0.4) is 0 Å². The molecular weight excluding hydrogens is 236 g/mol. The van der Waals surface area contributed by atoms with E-state index >= 15 is 0 Å². The van der Waals surface area contributed by atoms with Crippen molar-refractivity contribution in [2.75, 3.05) is 14.1 Å². The Kier molecular flexibility index (Phi) is 4.55. The van der Waals surface area contributed by atoms with Crippen molar-refractivity contribution < 1.29 is 0 Å². The van der Waals surface area contributed by atoms with Crippen LogP contribution in [0.25, 0.3) is 0 Å². The molecule has 1 aromatic rings. The van der Waals surface area contributed by atoms with Gasteiger partial charge in [-0.1, -0.05) is 25.3 Å². The largest absolute Gasteiger partial charge is 0.302 e. The molecule has 1 fully saturated rings. The van der Waals surface area contributed by atoms with Crippen molar-refractivity contribution in [3.05, 3.63) is 29.6 Å². The van der Waals surface area contributed by atoms with Gasteiger partial charge in [-0.2, -0.15) is 0 Å². The molecule has 4 nitrogen and oxygen atoms in total. The number of likely N-dealkylation sites (N-methyl/N-ethyl adjacent to an activating group) is 1. The Labute approximate surface area is 116 Å². The third kappa shape index (κ3) is 2.81. The molecule has 1 aliphatic rings. The molecular formula is C15H26N4. The lowest BCUT2D eigenvalue weighted by Gasteiger charge is -2.48. The van der Waals surface area contributed by atoms with Crippen LogP contribution in [0.15, 0.2) is 18.3 Å². The zero-order chi connectivity index (χ0) is 13.9. The van der Waals surface area contributed by atoms with Gasteiger partial charge in [0.15, 0.2) is 0 Å². The topological polar surface area (TPSA) is 54.2 Å². The van der Waals surface area contributed by atoms with Gasteiger partial charge in [0, 0.05) is 17.4 Å². The Hall–Kier alpha value is -0.970. The molecule has 0 spiro atoms. The normalized spacial score (nSPS) is 20.5. The van der Waals surface area contributed by atoms with E-state index in [2.05, 4.69) is 41.5 Å². The molecule has 1 saturated carbocycles. The Bertz CT molecular complexity index is 393. The van der Waals surface area contributed by atoms with Gasteiger partial charge in [-0.25, -0.2) is 0 Å². The van der Waals surface area contributed by atoms with Gasteiger partial charge in [-0.05, 0) is 45.5 Å². The predicted octanol–water partition coefficient (Wildman–Crippen LogP) is 2.16. The third-order valence-electron chi connectivity index (χ3n) is 4.58. The molecule has 1 aliphatic carbocycles. The molecule has 1 aromatic heterocycles. The van der Waals surface area contributed by atoms with Crippen LogP contribution in [0.2, 0.25) is 0 Å². The molecule has 0 radical (unpaired) electrons. The van der Waals surface area contributed by atoms with E-state index in [-0.39, 0.29) is 11.6 Å². The summed E-state index contributed by atoms with van der Waals surface area (Å²) in [6.07, 6.45) is 8.20. The number of nitrogens with one attached hydrogen (secondary N) is 1. The van der Waals surface area contributed by atoms with Gasteiger partial charge in [0.05, 0.1) is 6.04 Å². The van der Waals surface area contributed by atoms with Crippen molar-refractivity contribution in [2.45, 2.75) is 50.6 Å². The minimum atomic E-state index is 0.101. The first-order chi connectivity index (χ1) is 9.10. The molecule has 2 rings (SSSR count). The Balaban J connectivity index is 2.34. The summed E-state index contributed by atoms with van der Waals surface area (Å²) in [7, 11) is 4.33. The molecule has 1 heterocycles. The van der Waals surface area contributed by atoms with Crippen LogP contribution in [0.1, 0.15) is 49.4 Å². The quantitative estimate of drug-likeness (QED) is 0.645. The maximum atomic E-state index is 5.89. The van der Waals surface area contributed by atoms with E-state index in [0.29, 0.717) is 0 Å². The van der Waals surface area contributed by atoms with Gasteiger partial charge in [0.1, 0.15) is 0 Å². The van der Waals surface area contributed by atoms with E-state index in [1.165, 1.54) is 37.7 Å². The summed E-state index contributed by atoms with van der Waals surface area (Å²) in [4.78, 5) is 6.76. The number of hydrazine groups is 1. The van der Waals surface area contributed by atoms with Crippen LogP contribution in [0.5, 0.6) is 0 Å². The number of aryl methyl sites for hydroxylation is 1. The van der Waals surface area contributed by atoms with Gasteiger partial charge in [0.2, 0.25) is 0 Å². The summed E-state index contributed by atoms with van der Waals surface area (Å²) in [6, 6.07) is 4.34. The average molecular weight is 262 g/mol. The maximum Gasteiger partial charge on any atom is 0.0658 e. The third-order valence-corrected chi connectivity index (χ3v) is 4.58. The summed E-state index contributed by atoms with van der Waals surface area (Å²) in [5.41, 5.74) is 5.38. The summed E-state index contributed by atoms with van der Waals surface area (Å²) >= 11 is 0. The first kappa shape index (κ1) is 14.4. The van der Waals surface area contributed by atoms with Crippen LogP contribution in [-0.2, 0) is 0 Å². The zero-order valence-corrected chi connectivity index (χ0v) is 12.3. The number of nitrogens with zero attached hydrogens (tertiary/aromatic N) is 2. The van der Waals surface area contributed by atoms with Crippen molar-refractivity contribution >= 4 is 0 Å². The second-order valence-electron chi connectivity index (χ2n) is 5.89. The molecule has 3 N–H and O–H groups in total. The van der Waals surface area contributed by atoms with E-state index in [0.717, 1.165) is 5.69 Å². The van der Waals surface area contributed by atoms with E-state index in [4.69, 9.17) is 5.84 Å². The monoisotopic (exact) mass is 262 g/mol. The molecule has 4 heteroatoms. The number of hydrogen-bond acceptors (Lipinski definition) is 4. The highest BCUT2D eigenvalue weighted by Gasteiger charge is 2.42. The molecule has 0 bridgehead atoms. The average Bonchev–Trinajstić information content (AvgIpc) is 2.42. The van der Waals surface area contributed by atoms with Crippen LogP contribution in [0.4, 0.5) is 0 Å². The molecule has 106 valence electrons. The fraction of sp³-hybridized carbons (Fsp3) is 0.667. The smallest absolute Gasteiger partial charge is 0.0658 e. The van der Waals surface area contributed by atoms with Crippen molar-refractivity contribution in [3.8, 4) is 0 Å². The van der Waals surface area contributed by atoms with Gasteiger partial charge in [-0.15, -0.1) is 0 Å². The van der Waals surface area contributed by atoms with Gasteiger partial charge in [-0.3, -0.25) is 16.3 Å². The van der Waals surface area contributed by atoms with Crippen LogP contribution in [-0.4, -0.2) is 29.5 Å². The van der Waals surface area contributed by atoms with E-state index < -0.39 is 0 Å². The van der Waals surface area contributed by atoms with E-state index in [1.54, 1.807) is 0 Å². The highest BCUT2D eigenvalue weighted by atomic mass is 15.3. The second kappa shape index (κ2) is 5.99. The van der Waals surface area contributed by atoms with E-state index in [1.807, 2.05) is 13.1 Å². The first-order valence-corrected chi connectivity index (χ1v) is 7.16. The van der Waals surface area contributed by atoms with Crippen molar-refractivity contribution in [1.29, 1.82) is 0 Å². The zero-order valence-electron chi connectivity index (χ0n) is 12.3. The van der Waals surface area contributed by atoms with Crippen LogP contribution in [0, 0.1) is 6.92 Å². The molecule has 1 unspecified atom stereocenters. The lowest BCUT2D eigenvalue weighted by atomic mass is 9.73. The number of rotatable bonds is 4. The second-order valence-corrected chi connectivity index (χ2v) is 5.89. The number of nitrogens with two attached hydrogens (primary N) is 1. The molecule has 0 aromatic carbocycles. The molecule has 0 saturated heterocycles. The molecule has 19 heavy (non-hydrogen) atoms. The Morgan fingerprint density at radius 2 is 1.95 bits per heavy atom. The van der Waals surface area contributed by atoms with Crippen LogP contribution >= 0.6 is 0 Å². The minimum absolute atomic E-state index is 0.101. The molecule has 1 atom stereocenters. The summed E-state index contributed by atoms with van der Waals surface area (Å²) in [5.74, 6) is 5.89. The Morgan fingerprint density at radius 1 is 1.26 bits per heavy atom. The van der Waals surface area contributed by atoms with Crippen molar-refractivity contribution in [1.82, 2.24) is 15.3 Å². The van der Waals surface area contributed by atoms with Crippen molar-refractivity contribution in [3.63, 3.8) is 0 Å². The SMILES string of the molecule is Cc1ccc(C(NN)C2(N(C)C)CCCCC2)cn1. The van der Waals surface area contributed by atoms with Crippen molar-refractivity contribution in [2.24, 2.45) is 5.84 Å². The van der Waals surface area contributed by atoms with E-state index in [9.17, 15) is 0 Å². The highest BCUT2D eigenvalue weighted by Crippen LogP contribution is 2.41. The predicted molar refractivity (Wildman–Crippen MR) is 78.5 cm³/mol. The first-order valence-electron chi connectivity index (χ1n) is 7.16. The van der Waals surface area contributed by atoms with Gasteiger partial charge in [0.25, 0.3) is 0 Å². The Morgan fingerprint density at radius 3 is 2.42 bits per heavy atom. The summed E-state index contributed by atoms with van der Waals surface area (Å²) in [6.45, 7) is 2.01.